The van der Waals surface area contributed by atoms with Gasteiger partial charge >= 0.3 is 0 Å². The lowest BCUT2D eigenvalue weighted by molar-refractivity contribution is -0.109. The standard InChI is InChI=1S/C8H11N3O2/c1-5-7(13-4-3-12)6(2)11-8(9)10-5/h3H,4H2,1-2H3,(H2,9,10,11). The minimum Gasteiger partial charge on any atom is -0.482 e. The summed E-state index contributed by atoms with van der Waals surface area (Å²) in [6, 6.07) is 0. The molecule has 0 fully saturated rings. The third-order valence-electron chi connectivity index (χ3n) is 1.52. The second-order valence-corrected chi connectivity index (χ2v) is 2.56. The lowest BCUT2D eigenvalue weighted by Gasteiger charge is -2.08. The maximum Gasteiger partial charge on any atom is 0.220 e. The van der Waals surface area contributed by atoms with E-state index in [0.29, 0.717) is 23.4 Å². The molecule has 0 aliphatic carbocycles. The Morgan fingerprint density at radius 1 is 1.38 bits per heavy atom. The predicted molar refractivity (Wildman–Crippen MR) is 47.5 cm³/mol. The van der Waals surface area contributed by atoms with Crippen molar-refractivity contribution in [2.75, 3.05) is 12.3 Å². The van der Waals surface area contributed by atoms with E-state index < -0.39 is 0 Å². The lowest BCUT2D eigenvalue weighted by atomic mass is 10.3. The molecule has 1 rings (SSSR count). The van der Waals surface area contributed by atoms with Gasteiger partial charge in [-0.25, -0.2) is 9.97 Å². The molecule has 2 N–H and O–H groups in total. The van der Waals surface area contributed by atoms with Gasteiger partial charge in [0.2, 0.25) is 5.95 Å². The maximum atomic E-state index is 10.1. The first-order chi connectivity index (χ1) is 6.15. The summed E-state index contributed by atoms with van der Waals surface area (Å²) >= 11 is 0. The smallest absolute Gasteiger partial charge is 0.220 e. The highest BCUT2D eigenvalue weighted by Crippen LogP contribution is 2.19. The van der Waals surface area contributed by atoms with Crippen LogP contribution in [0.15, 0.2) is 0 Å². The highest BCUT2D eigenvalue weighted by Gasteiger charge is 2.07. The summed E-state index contributed by atoms with van der Waals surface area (Å²) < 4.78 is 5.12. The van der Waals surface area contributed by atoms with Crippen LogP contribution in [0.5, 0.6) is 5.75 Å². The number of aryl methyl sites for hydroxylation is 2. The Bertz CT molecular complexity index is 302. The van der Waals surface area contributed by atoms with Crippen molar-refractivity contribution in [3.63, 3.8) is 0 Å². The predicted octanol–water partition coefficient (Wildman–Crippen LogP) is 0.253. The molecule has 0 unspecified atom stereocenters. The third kappa shape index (κ3) is 2.14. The zero-order chi connectivity index (χ0) is 9.84. The highest BCUT2D eigenvalue weighted by molar-refractivity contribution is 5.52. The summed E-state index contributed by atoms with van der Waals surface area (Å²) in [5.74, 6) is 0.745. The largest absolute Gasteiger partial charge is 0.482 e. The summed E-state index contributed by atoms with van der Waals surface area (Å²) in [5.41, 5.74) is 6.70. The van der Waals surface area contributed by atoms with E-state index in [2.05, 4.69) is 9.97 Å². The van der Waals surface area contributed by atoms with E-state index >= 15 is 0 Å². The van der Waals surface area contributed by atoms with Crippen molar-refractivity contribution in [1.82, 2.24) is 9.97 Å². The molecule has 1 aromatic rings. The number of rotatable bonds is 3. The van der Waals surface area contributed by atoms with Crippen molar-refractivity contribution in [1.29, 1.82) is 0 Å². The van der Waals surface area contributed by atoms with Gasteiger partial charge in [-0.1, -0.05) is 0 Å². The minimum absolute atomic E-state index is 0.00889. The molecule has 0 radical (unpaired) electrons. The van der Waals surface area contributed by atoms with Gasteiger partial charge in [0, 0.05) is 0 Å². The summed E-state index contributed by atoms with van der Waals surface area (Å²) in [5, 5.41) is 0. The van der Waals surface area contributed by atoms with E-state index in [0.717, 1.165) is 0 Å². The quantitative estimate of drug-likeness (QED) is 0.676. The summed E-state index contributed by atoms with van der Waals surface area (Å²) in [4.78, 5) is 17.9. The van der Waals surface area contributed by atoms with E-state index in [1.807, 2.05) is 0 Å². The fourth-order valence-electron chi connectivity index (χ4n) is 1.06. The SMILES string of the molecule is Cc1nc(N)nc(C)c1OCC=O. The monoisotopic (exact) mass is 181 g/mol. The van der Waals surface area contributed by atoms with E-state index in [9.17, 15) is 4.79 Å². The van der Waals surface area contributed by atoms with Crippen LogP contribution in [-0.2, 0) is 4.79 Å². The molecule has 5 heteroatoms. The van der Waals surface area contributed by atoms with Crippen LogP contribution in [0, 0.1) is 13.8 Å². The first-order valence-corrected chi connectivity index (χ1v) is 3.82. The van der Waals surface area contributed by atoms with Gasteiger partial charge in [-0.3, -0.25) is 4.79 Å². The van der Waals surface area contributed by atoms with Gasteiger partial charge in [0.05, 0.1) is 11.4 Å². The van der Waals surface area contributed by atoms with Crippen LogP contribution in [0.25, 0.3) is 0 Å². The number of hydrogen-bond acceptors (Lipinski definition) is 5. The summed E-state index contributed by atoms with van der Waals surface area (Å²) in [6.45, 7) is 3.52. The molecule has 70 valence electrons. The average Bonchev–Trinajstić information content (AvgIpc) is 2.02. The van der Waals surface area contributed by atoms with E-state index in [-0.39, 0.29) is 12.6 Å². The van der Waals surface area contributed by atoms with Crippen LogP contribution >= 0.6 is 0 Å². The van der Waals surface area contributed by atoms with E-state index in [4.69, 9.17) is 10.5 Å². The normalized spacial score (nSPS) is 9.69. The van der Waals surface area contributed by atoms with E-state index in [1.54, 1.807) is 13.8 Å². The fourth-order valence-corrected chi connectivity index (χ4v) is 1.06. The Labute approximate surface area is 75.9 Å². The number of nitrogens with zero attached hydrogens (tertiary/aromatic N) is 2. The van der Waals surface area contributed by atoms with Gasteiger partial charge in [-0.15, -0.1) is 0 Å². The maximum absolute atomic E-state index is 10.1. The Kier molecular flexibility index (Phi) is 2.79. The number of carbonyl (C=O) groups excluding carboxylic acids is 1. The number of aldehydes is 1. The van der Waals surface area contributed by atoms with Crippen LogP contribution in [0.3, 0.4) is 0 Å². The number of carbonyl (C=O) groups is 1. The number of anilines is 1. The van der Waals surface area contributed by atoms with Crippen molar-refractivity contribution in [2.24, 2.45) is 0 Å². The van der Waals surface area contributed by atoms with Gasteiger partial charge in [-0.05, 0) is 13.8 Å². The first-order valence-electron chi connectivity index (χ1n) is 3.82. The van der Waals surface area contributed by atoms with Crippen molar-refractivity contribution < 1.29 is 9.53 Å². The average molecular weight is 181 g/mol. The molecule has 0 aliphatic rings. The zero-order valence-corrected chi connectivity index (χ0v) is 7.57. The molecule has 1 aromatic heterocycles. The summed E-state index contributed by atoms with van der Waals surface area (Å²) in [6.07, 6.45) is 0.676. The van der Waals surface area contributed by atoms with Gasteiger partial charge in [0.15, 0.2) is 12.0 Å². The number of hydrogen-bond donors (Lipinski definition) is 1. The molecule has 13 heavy (non-hydrogen) atoms. The second-order valence-electron chi connectivity index (χ2n) is 2.56. The topological polar surface area (TPSA) is 78.1 Å². The molecule has 0 aliphatic heterocycles. The molecular formula is C8H11N3O2. The second kappa shape index (κ2) is 3.84. The molecule has 0 aromatic carbocycles. The minimum atomic E-state index is 0.00889. The van der Waals surface area contributed by atoms with Crippen molar-refractivity contribution in [3.05, 3.63) is 11.4 Å². The number of aromatic nitrogens is 2. The molecule has 0 bridgehead atoms. The molecule has 5 nitrogen and oxygen atoms in total. The van der Waals surface area contributed by atoms with Crippen LogP contribution in [-0.4, -0.2) is 22.9 Å². The van der Waals surface area contributed by atoms with Gasteiger partial charge in [0.1, 0.15) is 6.61 Å². The molecule has 0 spiro atoms. The van der Waals surface area contributed by atoms with Gasteiger partial charge in [0.25, 0.3) is 0 Å². The van der Waals surface area contributed by atoms with Crippen LogP contribution in [0.1, 0.15) is 11.4 Å². The van der Waals surface area contributed by atoms with E-state index in [1.165, 1.54) is 0 Å². The number of ether oxygens (including phenoxy) is 1. The fraction of sp³-hybridized carbons (Fsp3) is 0.375. The Hall–Kier alpha value is -1.65. The summed E-state index contributed by atoms with van der Waals surface area (Å²) in [7, 11) is 0. The lowest BCUT2D eigenvalue weighted by Crippen LogP contribution is -2.06. The first kappa shape index (κ1) is 9.44. The molecule has 0 amide bonds. The van der Waals surface area contributed by atoms with Crippen molar-refractivity contribution in [3.8, 4) is 5.75 Å². The molecule has 0 saturated carbocycles. The molecule has 1 heterocycles. The van der Waals surface area contributed by atoms with Crippen LogP contribution in [0.2, 0.25) is 0 Å². The van der Waals surface area contributed by atoms with Crippen LogP contribution < -0.4 is 10.5 Å². The number of nitrogens with two attached hydrogens (primary N) is 1. The highest BCUT2D eigenvalue weighted by atomic mass is 16.5. The third-order valence-corrected chi connectivity index (χ3v) is 1.52. The molecule has 0 atom stereocenters. The van der Waals surface area contributed by atoms with Gasteiger partial charge < -0.3 is 10.5 Å². The molecular weight excluding hydrogens is 170 g/mol. The zero-order valence-electron chi connectivity index (χ0n) is 7.57. The Morgan fingerprint density at radius 3 is 2.38 bits per heavy atom. The Balaban J connectivity index is 2.98. The van der Waals surface area contributed by atoms with Crippen molar-refractivity contribution >= 4 is 12.2 Å². The van der Waals surface area contributed by atoms with Gasteiger partial charge in [-0.2, -0.15) is 0 Å². The Morgan fingerprint density at radius 2 is 1.92 bits per heavy atom. The number of nitrogen functional groups attached to an aromatic ring is 1. The molecule has 0 saturated heterocycles. The van der Waals surface area contributed by atoms with Crippen molar-refractivity contribution in [2.45, 2.75) is 13.8 Å². The van der Waals surface area contributed by atoms with Crippen LogP contribution in [0.4, 0.5) is 5.95 Å².